The highest BCUT2D eigenvalue weighted by atomic mass is 32.1. The van der Waals surface area contributed by atoms with Crippen LogP contribution >= 0.6 is 12.2 Å². The third-order valence-corrected chi connectivity index (χ3v) is 2.73. The van der Waals surface area contributed by atoms with E-state index in [1.807, 2.05) is 4.90 Å². The van der Waals surface area contributed by atoms with E-state index in [9.17, 15) is 0 Å². The Morgan fingerprint density at radius 3 is 2.68 bits per heavy atom. The molecule has 1 aromatic heterocycles. The molecular weight excluding hydrogens is 264 g/mol. The van der Waals surface area contributed by atoms with Gasteiger partial charge in [0, 0.05) is 40.1 Å². The number of nitrogens with zero attached hydrogens (tertiary/aromatic N) is 3. The molecule has 0 radical (unpaired) electrons. The number of hydrogen-bond donors (Lipinski definition) is 1. The summed E-state index contributed by atoms with van der Waals surface area (Å²) in [5, 5.41) is 0. The SMILES string of the molecule is COCCCN(CCOC)c1nccc(C(N)=S)n1. The molecule has 0 atom stereocenters. The Morgan fingerprint density at radius 2 is 2.05 bits per heavy atom. The average Bonchev–Trinajstić information content (AvgIpc) is 2.43. The summed E-state index contributed by atoms with van der Waals surface area (Å²) in [5.74, 6) is 0.610. The lowest BCUT2D eigenvalue weighted by atomic mass is 10.4. The summed E-state index contributed by atoms with van der Waals surface area (Å²) in [6, 6.07) is 1.70. The monoisotopic (exact) mass is 284 g/mol. The van der Waals surface area contributed by atoms with E-state index in [1.54, 1.807) is 26.5 Å². The van der Waals surface area contributed by atoms with E-state index >= 15 is 0 Å². The topological polar surface area (TPSA) is 73.5 Å². The summed E-state index contributed by atoms with van der Waals surface area (Å²) in [7, 11) is 3.35. The van der Waals surface area contributed by atoms with Gasteiger partial charge in [0.05, 0.1) is 6.61 Å². The molecule has 7 heteroatoms. The maximum absolute atomic E-state index is 5.58. The van der Waals surface area contributed by atoms with E-state index < -0.39 is 0 Å². The minimum absolute atomic E-state index is 0.271. The van der Waals surface area contributed by atoms with Crippen LogP contribution in [0.4, 0.5) is 5.95 Å². The van der Waals surface area contributed by atoms with Crippen LogP contribution in [0.25, 0.3) is 0 Å². The molecule has 1 rings (SSSR count). The molecule has 0 aliphatic carbocycles. The predicted molar refractivity (Wildman–Crippen MR) is 78.5 cm³/mol. The van der Waals surface area contributed by atoms with Crippen molar-refractivity contribution in [2.45, 2.75) is 6.42 Å². The van der Waals surface area contributed by atoms with Gasteiger partial charge in [-0.15, -0.1) is 0 Å². The van der Waals surface area contributed by atoms with Gasteiger partial charge in [-0.2, -0.15) is 0 Å². The Morgan fingerprint density at radius 1 is 1.32 bits per heavy atom. The number of nitrogens with two attached hydrogens (primary N) is 1. The van der Waals surface area contributed by atoms with E-state index in [-0.39, 0.29) is 4.99 Å². The van der Waals surface area contributed by atoms with Crippen molar-refractivity contribution in [2.75, 3.05) is 45.4 Å². The fraction of sp³-hybridized carbons (Fsp3) is 0.583. The van der Waals surface area contributed by atoms with Gasteiger partial charge in [0.1, 0.15) is 10.7 Å². The van der Waals surface area contributed by atoms with Crippen LogP contribution in [0.15, 0.2) is 12.3 Å². The summed E-state index contributed by atoms with van der Waals surface area (Å²) >= 11 is 4.93. The van der Waals surface area contributed by atoms with Gasteiger partial charge < -0.3 is 20.1 Å². The van der Waals surface area contributed by atoms with Crippen LogP contribution in [0.2, 0.25) is 0 Å². The highest BCUT2D eigenvalue weighted by Crippen LogP contribution is 2.08. The van der Waals surface area contributed by atoms with Crippen molar-refractivity contribution in [1.29, 1.82) is 0 Å². The largest absolute Gasteiger partial charge is 0.388 e. The highest BCUT2D eigenvalue weighted by Gasteiger charge is 2.10. The van der Waals surface area contributed by atoms with Gasteiger partial charge in [-0.25, -0.2) is 9.97 Å². The molecule has 106 valence electrons. The summed E-state index contributed by atoms with van der Waals surface area (Å²) in [4.78, 5) is 10.9. The van der Waals surface area contributed by atoms with Gasteiger partial charge in [-0.1, -0.05) is 12.2 Å². The van der Waals surface area contributed by atoms with E-state index in [0.717, 1.165) is 13.0 Å². The fourth-order valence-electron chi connectivity index (χ4n) is 1.55. The number of rotatable bonds is 9. The van der Waals surface area contributed by atoms with Gasteiger partial charge in [0.2, 0.25) is 5.95 Å². The van der Waals surface area contributed by atoms with Crippen LogP contribution in [0.1, 0.15) is 12.1 Å². The molecule has 0 amide bonds. The Kier molecular flexibility index (Phi) is 7.24. The zero-order valence-electron chi connectivity index (χ0n) is 11.3. The molecule has 1 heterocycles. The smallest absolute Gasteiger partial charge is 0.226 e. The Bertz CT molecular complexity index is 403. The second kappa shape index (κ2) is 8.73. The van der Waals surface area contributed by atoms with Gasteiger partial charge in [0.25, 0.3) is 0 Å². The maximum Gasteiger partial charge on any atom is 0.226 e. The third-order valence-electron chi connectivity index (χ3n) is 2.52. The fourth-order valence-corrected chi connectivity index (χ4v) is 1.66. The number of aromatic nitrogens is 2. The molecule has 0 aromatic carbocycles. The minimum atomic E-state index is 0.271. The van der Waals surface area contributed by atoms with Crippen LogP contribution in [-0.4, -0.2) is 55.5 Å². The van der Waals surface area contributed by atoms with Crippen molar-refractivity contribution >= 4 is 23.2 Å². The van der Waals surface area contributed by atoms with Crippen molar-refractivity contribution in [1.82, 2.24) is 9.97 Å². The molecule has 0 bridgehead atoms. The van der Waals surface area contributed by atoms with Crippen LogP contribution in [-0.2, 0) is 9.47 Å². The first-order valence-electron chi connectivity index (χ1n) is 6.04. The second-order valence-electron chi connectivity index (χ2n) is 3.93. The van der Waals surface area contributed by atoms with E-state index in [0.29, 0.717) is 31.4 Å². The third kappa shape index (κ3) is 5.46. The van der Waals surface area contributed by atoms with Crippen molar-refractivity contribution < 1.29 is 9.47 Å². The lowest BCUT2D eigenvalue weighted by Gasteiger charge is -2.22. The van der Waals surface area contributed by atoms with Gasteiger partial charge in [-0.3, -0.25) is 0 Å². The lowest BCUT2D eigenvalue weighted by molar-refractivity contribution is 0.190. The van der Waals surface area contributed by atoms with Crippen molar-refractivity contribution in [3.63, 3.8) is 0 Å². The molecule has 1 aromatic rings. The molecule has 0 saturated carbocycles. The Balaban J connectivity index is 2.76. The Hall–Kier alpha value is -1.31. The van der Waals surface area contributed by atoms with Crippen LogP contribution in [0, 0.1) is 0 Å². The molecule has 2 N–H and O–H groups in total. The normalized spacial score (nSPS) is 10.4. The van der Waals surface area contributed by atoms with E-state index in [4.69, 9.17) is 27.4 Å². The summed E-state index contributed by atoms with van der Waals surface area (Å²) in [6.07, 6.45) is 2.55. The lowest BCUT2D eigenvalue weighted by Crippen LogP contribution is -2.31. The molecule has 19 heavy (non-hydrogen) atoms. The summed E-state index contributed by atoms with van der Waals surface area (Å²) in [6.45, 7) is 2.80. The predicted octanol–water partition coefficient (Wildman–Crippen LogP) is 0.600. The van der Waals surface area contributed by atoms with E-state index in [2.05, 4.69) is 9.97 Å². The first-order valence-corrected chi connectivity index (χ1v) is 6.45. The van der Waals surface area contributed by atoms with Gasteiger partial charge in [0.15, 0.2) is 0 Å². The zero-order valence-corrected chi connectivity index (χ0v) is 12.2. The highest BCUT2D eigenvalue weighted by molar-refractivity contribution is 7.80. The summed E-state index contributed by atoms with van der Waals surface area (Å²) < 4.78 is 10.2. The van der Waals surface area contributed by atoms with Gasteiger partial charge in [-0.05, 0) is 12.5 Å². The second-order valence-corrected chi connectivity index (χ2v) is 4.37. The quantitative estimate of drug-likeness (QED) is 0.526. The van der Waals surface area contributed by atoms with Crippen LogP contribution < -0.4 is 10.6 Å². The zero-order chi connectivity index (χ0) is 14.1. The average molecular weight is 284 g/mol. The molecule has 0 aliphatic rings. The molecule has 0 saturated heterocycles. The van der Waals surface area contributed by atoms with E-state index in [1.165, 1.54) is 0 Å². The van der Waals surface area contributed by atoms with Gasteiger partial charge >= 0.3 is 0 Å². The number of hydrogen-bond acceptors (Lipinski definition) is 6. The van der Waals surface area contributed by atoms with Crippen molar-refractivity contribution in [2.24, 2.45) is 5.73 Å². The first-order chi connectivity index (χ1) is 9.19. The number of thiocarbonyl (C=S) groups is 1. The minimum Gasteiger partial charge on any atom is -0.388 e. The number of methoxy groups -OCH3 is 2. The summed E-state index contributed by atoms with van der Waals surface area (Å²) in [5.41, 5.74) is 6.16. The molecule has 0 spiro atoms. The molecule has 6 nitrogen and oxygen atoms in total. The Labute approximate surface area is 118 Å². The number of anilines is 1. The number of ether oxygens (including phenoxy) is 2. The molecule has 0 fully saturated rings. The van der Waals surface area contributed by atoms with Crippen LogP contribution in [0.3, 0.4) is 0 Å². The van der Waals surface area contributed by atoms with Crippen LogP contribution in [0.5, 0.6) is 0 Å². The van der Waals surface area contributed by atoms with Crippen molar-refractivity contribution in [3.05, 3.63) is 18.0 Å². The first kappa shape index (κ1) is 15.7. The molecular formula is C12H20N4O2S. The standard InChI is InChI=1S/C12H20N4O2S/c1-17-8-3-6-16(7-9-18-2)12-14-5-4-10(15-12)11(13)19/h4-5H,3,6-9H2,1-2H3,(H2,13,19). The molecule has 0 unspecified atom stereocenters. The molecule has 0 aliphatic heterocycles. The maximum atomic E-state index is 5.58. The van der Waals surface area contributed by atoms with Crippen molar-refractivity contribution in [3.8, 4) is 0 Å².